The van der Waals surface area contributed by atoms with Crippen LogP contribution in [0, 0.1) is 5.92 Å². The van der Waals surface area contributed by atoms with E-state index >= 15 is 0 Å². The second-order valence-electron chi connectivity index (χ2n) is 4.74. The third-order valence-corrected chi connectivity index (χ3v) is 4.34. The summed E-state index contributed by atoms with van der Waals surface area (Å²) in [5.41, 5.74) is 0. The van der Waals surface area contributed by atoms with Crippen molar-refractivity contribution in [1.82, 2.24) is 4.31 Å². The average Bonchev–Trinajstić information content (AvgIpc) is 2.39. The Morgan fingerprint density at radius 2 is 2.11 bits per heavy atom. The van der Waals surface area contributed by atoms with Crippen LogP contribution in [-0.2, 0) is 0 Å². The van der Waals surface area contributed by atoms with Crippen LogP contribution in [0.25, 0.3) is 0 Å². The second kappa shape index (κ2) is 6.34. The van der Waals surface area contributed by atoms with E-state index < -0.39 is 0 Å². The Bertz CT molecular complexity index is 397. The molecule has 1 unspecified atom stereocenters. The predicted molar refractivity (Wildman–Crippen MR) is 75.4 cm³/mol. The van der Waals surface area contributed by atoms with Gasteiger partial charge in [0.1, 0.15) is 11.5 Å². The standard InChI is InChI=1S/C14H21NO2S/c1-11-5-4-8-15(10-11)18-14-7-6-12(16-2)9-13(14)17-3/h6-7,9,11H,4-5,8,10H2,1-3H3. The lowest BCUT2D eigenvalue weighted by Crippen LogP contribution is -2.28. The van der Waals surface area contributed by atoms with Crippen LogP contribution in [0.4, 0.5) is 0 Å². The average molecular weight is 267 g/mol. The molecule has 2 rings (SSSR count). The molecule has 0 N–H and O–H groups in total. The van der Waals surface area contributed by atoms with Crippen molar-refractivity contribution in [1.29, 1.82) is 0 Å². The maximum atomic E-state index is 5.43. The van der Waals surface area contributed by atoms with E-state index in [4.69, 9.17) is 9.47 Å². The monoisotopic (exact) mass is 267 g/mol. The number of benzene rings is 1. The number of hydrogen-bond acceptors (Lipinski definition) is 4. The van der Waals surface area contributed by atoms with Crippen molar-refractivity contribution in [3.05, 3.63) is 18.2 Å². The van der Waals surface area contributed by atoms with Crippen molar-refractivity contribution in [3.63, 3.8) is 0 Å². The van der Waals surface area contributed by atoms with Crippen molar-refractivity contribution < 1.29 is 9.47 Å². The minimum absolute atomic E-state index is 0.787. The Morgan fingerprint density at radius 3 is 2.78 bits per heavy atom. The first-order valence-corrected chi connectivity index (χ1v) is 7.15. The zero-order valence-corrected chi connectivity index (χ0v) is 12.1. The predicted octanol–water partition coefficient (Wildman–Crippen LogP) is 3.44. The molecule has 0 saturated carbocycles. The van der Waals surface area contributed by atoms with Crippen molar-refractivity contribution in [2.75, 3.05) is 27.3 Å². The van der Waals surface area contributed by atoms with Crippen LogP contribution in [-0.4, -0.2) is 31.6 Å². The molecule has 1 aliphatic heterocycles. The van der Waals surface area contributed by atoms with E-state index in [9.17, 15) is 0 Å². The van der Waals surface area contributed by atoms with Crippen LogP contribution in [0.5, 0.6) is 11.5 Å². The molecule has 0 amide bonds. The summed E-state index contributed by atoms with van der Waals surface area (Å²) < 4.78 is 13.1. The molecule has 4 heteroatoms. The fraction of sp³-hybridized carbons (Fsp3) is 0.571. The number of hydrogen-bond donors (Lipinski definition) is 0. The van der Waals surface area contributed by atoms with Gasteiger partial charge in [-0.1, -0.05) is 6.92 Å². The van der Waals surface area contributed by atoms with Crippen molar-refractivity contribution in [2.45, 2.75) is 24.7 Å². The molecule has 0 aromatic heterocycles. The summed E-state index contributed by atoms with van der Waals surface area (Å²) in [6, 6.07) is 6.00. The maximum Gasteiger partial charge on any atom is 0.137 e. The smallest absolute Gasteiger partial charge is 0.137 e. The zero-order chi connectivity index (χ0) is 13.0. The third-order valence-electron chi connectivity index (χ3n) is 3.22. The first-order valence-electron chi connectivity index (χ1n) is 6.38. The molecule has 1 aromatic rings. The van der Waals surface area contributed by atoms with Crippen LogP contribution in [0.15, 0.2) is 23.1 Å². The van der Waals surface area contributed by atoms with Gasteiger partial charge >= 0.3 is 0 Å². The van der Waals surface area contributed by atoms with Gasteiger partial charge in [-0.2, -0.15) is 0 Å². The Morgan fingerprint density at radius 1 is 1.28 bits per heavy atom. The fourth-order valence-corrected chi connectivity index (χ4v) is 3.41. The van der Waals surface area contributed by atoms with Crippen molar-refractivity contribution >= 4 is 11.9 Å². The highest BCUT2D eigenvalue weighted by Crippen LogP contribution is 2.36. The van der Waals surface area contributed by atoms with E-state index in [0.717, 1.165) is 35.4 Å². The van der Waals surface area contributed by atoms with Gasteiger partial charge in [-0.05, 0) is 42.8 Å². The van der Waals surface area contributed by atoms with Crippen LogP contribution < -0.4 is 9.47 Å². The van der Waals surface area contributed by atoms with Gasteiger partial charge in [0.2, 0.25) is 0 Å². The molecular weight excluding hydrogens is 246 g/mol. The second-order valence-corrected chi connectivity index (χ2v) is 5.88. The summed E-state index contributed by atoms with van der Waals surface area (Å²) in [6.45, 7) is 4.63. The lowest BCUT2D eigenvalue weighted by Gasteiger charge is -2.29. The molecule has 0 aliphatic carbocycles. The summed E-state index contributed by atoms with van der Waals surface area (Å²) in [6.07, 6.45) is 2.63. The molecule has 3 nitrogen and oxygen atoms in total. The van der Waals surface area contributed by atoms with E-state index in [1.807, 2.05) is 12.1 Å². The summed E-state index contributed by atoms with van der Waals surface area (Å²) in [7, 11) is 3.38. The maximum absolute atomic E-state index is 5.43. The first kappa shape index (κ1) is 13.6. The molecule has 1 saturated heterocycles. The Hall–Kier alpha value is -0.870. The SMILES string of the molecule is COc1ccc(SN2CCCC(C)C2)c(OC)c1. The van der Waals surface area contributed by atoms with Crippen LogP contribution in [0.3, 0.4) is 0 Å². The highest BCUT2D eigenvalue weighted by atomic mass is 32.2. The van der Waals surface area contributed by atoms with Gasteiger partial charge in [-0.15, -0.1) is 0 Å². The molecule has 0 bridgehead atoms. The van der Waals surface area contributed by atoms with Gasteiger partial charge in [0.15, 0.2) is 0 Å². The third kappa shape index (κ3) is 3.33. The lowest BCUT2D eigenvalue weighted by molar-refractivity contribution is 0.301. The van der Waals surface area contributed by atoms with Gasteiger partial charge < -0.3 is 9.47 Å². The number of piperidine rings is 1. The van der Waals surface area contributed by atoms with Gasteiger partial charge in [0.05, 0.1) is 19.1 Å². The Labute approximate surface area is 114 Å². The summed E-state index contributed by atoms with van der Waals surface area (Å²) in [5.74, 6) is 2.51. The molecule has 100 valence electrons. The molecule has 1 heterocycles. The summed E-state index contributed by atoms with van der Waals surface area (Å²) in [5, 5.41) is 0. The van der Waals surface area contributed by atoms with Gasteiger partial charge in [0, 0.05) is 19.2 Å². The zero-order valence-electron chi connectivity index (χ0n) is 11.3. The molecular formula is C14H21NO2S. The summed E-state index contributed by atoms with van der Waals surface area (Å²) in [4.78, 5) is 1.16. The van der Waals surface area contributed by atoms with Crippen LogP contribution in [0.2, 0.25) is 0 Å². The van der Waals surface area contributed by atoms with E-state index in [2.05, 4.69) is 17.3 Å². The number of rotatable bonds is 4. The molecule has 1 fully saturated rings. The Balaban J connectivity index is 2.08. The highest BCUT2D eigenvalue weighted by molar-refractivity contribution is 7.97. The highest BCUT2D eigenvalue weighted by Gasteiger charge is 2.18. The van der Waals surface area contributed by atoms with Crippen molar-refractivity contribution in [3.8, 4) is 11.5 Å². The van der Waals surface area contributed by atoms with Gasteiger partial charge in [0.25, 0.3) is 0 Å². The quantitative estimate of drug-likeness (QED) is 0.779. The minimum atomic E-state index is 0.787. The normalized spacial score (nSPS) is 20.7. The van der Waals surface area contributed by atoms with E-state index in [1.54, 1.807) is 26.2 Å². The summed E-state index contributed by atoms with van der Waals surface area (Å²) >= 11 is 1.79. The molecule has 1 aliphatic rings. The van der Waals surface area contributed by atoms with Crippen LogP contribution >= 0.6 is 11.9 Å². The van der Waals surface area contributed by atoms with E-state index in [-0.39, 0.29) is 0 Å². The number of nitrogens with zero attached hydrogens (tertiary/aromatic N) is 1. The molecule has 1 aromatic carbocycles. The minimum Gasteiger partial charge on any atom is -0.497 e. The van der Waals surface area contributed by atoms with Crippen molar-refractivity contribution in [2.24, 2.45) is 5.92 Å². The molecule has 0 spiro atoms. The number of ether oxygens (including phenoxy) is 2. The Kier molecular flexibility index (Phi) is 4.78. The van der Waals surface area contributed by atoms with Gasteiger partial charge in [-0.25, -0.2) is 4.31 Å². The fourth-order valence-electron chi connectivity index (χ4n) is 2.22. The van der Waals surface area contributed by atoms with Gasteiger partial charge in [-0.3, -0.25) is 0 Å². The topological polar surface area (TPSA) is 21.7 Å². The van der Waals surface area contributed by atoms with E-state index in [1.165, 1.54) is 12.8 Å². The molecule has 1 atom stereocenters. The largest absolute Gasteiger partial charge is 0.497 e. The van der Waals surface area contributed by atoms with E-state index in [0.29, 0.717) is 0 Å². The first-order chi connectivity index (χ1) is 8.72. The molecule has 18 heavy (non-hydrogen) atoms. The molecule has 0 radical (unpaired) electrons. The van der Waals surface area contributed by atoms with Crippen LogP contribution in [0.1, 0.15) is 19.8 Å². The number of methoxy groups -OCH3 is 2. The lowest BCUT2D eigenvalue weighted by atomic mass is 10.0.